The van der Waals surface area contributed by atoms with Crippen LogP contribution in [0.1, 0.15) is 37.3 Å². The summed E-state index contributed by atoms with van der Waals surface area (Å²) in [6.45, 7) is 3.32. The van der Waals surface area contributed by atoms with Crippen LogP contribution in [0.4, 0.5) is 5.69 Å². The van der Waals surface area contributed by atoms with Gasteiger partial charge in [-0.05, 0) is 60.9 Å². The number of benzene rings is 2. The number of esters is 1. The Morgan fingerprint density at radius 3 is 2.61 bits per heavy atom. The van der Waals surface area contributed by atoms with Crippen molar-refractivity contribution in [3.63, 3.8) is 0 Å². The maximum absolute atomic E-state index is 12.3. The summed E-state index contributed by atoms with van der Waals surface area (Å²) in [6.07, 6.45) is 3.98. The third kappa shape index (κ3) is 4.45. The van der Waals surface area contributed by atoms with Crippen LogP contribution in [-0.2, 0) is 14.3 Å². The number of aliphatic imine (C=N–C) groups is 1. The minimum absolute atomic E-state index is 0.129. The zero-order valence-corrected chi connectivity index (χ0v) is 17.6. The Morgan fingerprint density at radius 2 is 1.94 bits per heavy atom. The molecule has 2 aromatic rings. The smallest absolute Gasteiger partial charge is 0.363 e. The first-order valence-corrected chi connectivity index (χ1v) is 10.3. The van der Waals surface area contributed by atoms with E-state index in [1.807, 2.05) is 31.2 Å². The van der Waals surface area contributed by atoms with Gasteiger partial charge in [-0.3, -0.25) is 4.79 Å². The van der Waals surface area contributed by atoms with Gasteiger partial charge >= 0.3 is 5.97 Å². The van der Waals surface area contributed by atoms with Crippen LogP contribution in [0.5, 0.6) is 11.5 Å². The van der Waals surface area contributed by atoms with Crippen molar-refractivity contribution in [3.05, 3.63) is 59.3 Å². The highest BCUT2D eigenvalue weighted by Gasteiger charge is 2.25. The average molecular weight is 420 g/mol. The van der Waals surface area contributed by atoms with Crippen molar-refractivity contribution in [1.29, 1.82) is 0 Å². The fourth-order valence-electron chi connectivity index (χ4n) is 3.50. The van der Waals surface area contributed by atoms with Gasteiger partial charge in [0.15, 0.2) is 17.2 Å². The molecule has 2 heterocycles. The number of nitrogens with zero attached hydrogens (tertiary/aromatic N) is 2. The molecule has 0 saturated carbocycles. The number of hydrogen-bond donors (Lipinski definition) is 0. The molecule has 7 heteroatoms. The Balaban J connectivity index is 1.55. The van der Waals surface area contributed by atoms with Gasteiger partial charge in [0, 0.05) is 24.2 Å². The molecule has 0 atom stereocenters. The van der Waals surface area contributed by atoms with Crippen molar-refractivity contribution >= 4 is 29.5 Å². The number of methoxy groups -OCH3 is 1. The standard InChI is InChI=1S/C24H24N2O5/c1-3-13-30-21-15-16(6-11-20(21)29-2)14-19-24(28)31-23(25-19)17-7-9-18(10-8-17)26-12-4-5-22(26)27/h6-11,14-15H,3-5,12-13H2,1-2H3/b19-14+. The van der Waals surface area contributed by atoms with E-state index in [4.69, 9.17) is 14.2 Å². The maximum Gasteiger partial charge on any atom is 0.363 e. The molecule has 0 bridgehead atoms. The first-order chi connectivity index (χ1) is 15.1. The molecular weight excluding hydrogens is 396 g/mol. The first-order valence-electron chi connectivity index (χ1n) is 10.3. The van der Waals surface area contributed by atoms with Gasteiger partial charge in [-0.2, -0.15) is 0 Å². The summed E-state index contributed by atoms with van der Waals surface area (Å²) < 4.78 is 16.4. The lowest BCUT2D eigenvalue weighted by Gasteiger charge is -2.15. The summed E-state index contributed by atoms with van der Waals surface area (Å²) in [5.41, 5.74) is 2.48. The van der Waals surface area contributed by atoms with Crippen LogP contribution in [0.25, 0.3) is 6.08 Å². The fourth-order valence-corrected chi connectivity index (χ4v) is 3.50. The molecule has 0 spiro atoms. The van der Waals surface area contributed by atoms with E-state index in [0.717, 1.165) is 30.6 Å². The SMILES string of the molecule is CCCOc1cc(/C=C2/N=C(c3ccc(N4CCCC4=O)cc3)OC2=O)ccc1OC. The third-order valence-electron chi connectivity index (χ3n) is 5.07. The van der Waals surface area contributed by atoms with Gasteiger partial charge in [0.25, 0.3) is 0 Å². The van der Waals surface area contributed by atoms with Crippen molar-refractivity contribution in [2.45, 2.75) is 26.2 Å². The highest BCUT2D eigenvalue weighted by molar-refractivity contribution is 6.13. The van der Waals surface area contributed by atoms with Gasteiger partial charge in [0.1, 0.15) is 0 Å². The van der Waals surface area contributed by atoms with Crippen molar-refractivity contribution in [2.75, 3.05) is 25.2 Å². The van der Waals surface area contributed by atoms with Crippen LogP contribution < -0.4 is 14.4 Å². The molecule has 0 radical (unpaired) electrons. The number of carbonyl (C=O) groups is 2. The molecule has 1 saturated heterocycles. The summed E-state index contributed by atoms with van der Waals surface area (Å²) in [5.74, 6) is 1.10. The topological polar surface area (TPSA) is 77.4 Å². The normalized spacial score (nSPS) is 17.2. The zero-order chi connectivity index (χ0) is 21.8. The van der Waals surface area contributed by atoms with E-state index in [1.54, 1.807) is 36.3 Å². The van der Waals surface area contributed by atoms with Crippen LogP contribution in [-0.4, -0.2) is 38.0 Å². The van der Waals surface area contributed by atoms with Crippen LogP contribution in [0, 0.1) is 0 Å². The second-order valence-corrected chi connectivity index (χ2v) is 7.29. The first kappa shape index (κ1) is 20.7. The summed E-state index contributed by atoms with van der Waals surface area (Å²) in [5, 5.41) is 0. The Bertz CT molecular complexity index is 1060. The predicted octanol–water partition coefficient (Wildman–Crippen LogP) is 3.96. The van der Waals surface area contributed by atoms with E-state index in [0.29, 0.717) is 30.1 Å². The number of anilines is 1. The minimum Gasteiger partial charge on any atom is -0.493 e. The molecule has 0 aromatic heterocycles. The van der Waals surface area contributed by atoms with E-state index < -0.39 is 5.97 Å². The number of ether oxygens (including phenoxy) is 3. The second kappa shape index (κ2) is 9.04. The minimum atomic E-state index is -0.513. The summed E-state index contributed by atoms with van der Waals surface area (Å²) in [6, 6.07) is 12.7. The zero-order valence-electron chi connectivity index (χ0n) is 17.6. The molecule has 2 aromatic carbocycles. The molecule has 2 aliphatic heterocycles. The Hall–Kier alpha value is -3.61. The molecule has 4 rings (SSSR count). The van der Waals surface area contributed by atoms with E-state index in [2.05, 4.69) is 4.99 Å². The van der Waals surface area contributed by atoms with Crippen molar-refractivity contribution in [1.82, 2.24) is 0 Å². The van der Waals surface area contributed by atoms with Gasteiger partial charge in [0.05, 0.1) is 13.7 Å². The van der Waals surface area contributed by atoms with Crippen LogP contribution in [0.15, 0.2) is 53.2 Å². The maximum atomic E-state index is 12.3. The molecule has 2 aliphatic rings. The van der Waals surface area contributed by atoms with Crippen LogP contribution in [0.3, 0.4) is 0 Å². The lowest BCUT2D eigenvalue weighted by molar-refractivity contribution is -0.130. The summed E-state index contributed by atoms with van der Waals surface area (Å²) >= 11 is 0. The molecule has 0 unspecified atom stereocenters. The van der Waals surface area contributed by atoms with Crippen molar-refractivity contribution in [3.8, 4) is 11.5 Å². The monoisotopic (exact) mass is 420 g/mol. The Kier molecular flexibility index (Phi) is 6.02. The van der Waals surface area contributed by atoms with E-state index in [9.17, 15) is 9.59 Å². The van der Waals surface area contributed by atoms with Crippen LogP contribution >= 0.6 is 0 Å². The van der Waals surface area contributed by atoms with E-state index in [1.165, 1.54) is 0 Å². The molecule has 160 valence electrons. The number of amides is 1. The third-order valence-corrected chi connectivity index (χ3v) is 5.07. The van der Waals surface area contributed by atoms with Crippen molar-refractivity contribution < 1.29 is 23.8 Å². The second-order valence-electron chi connectivity index (χ2n) is 7.29. The highest BCUT2D eigenvalue weighted by Crippen LogP contribution is 2.30. The van der Waals surface area contributed by atoms with E-state index >= 15 is 0 Å². The van der Waals surface area contributed by atoms with E-state index in [-0.39, 0.29) is 17.5 Å². The van der Waals surface area contributed by atoms with Gasteiger partial charge < -0.3 is 19.1 Å². The number of cyclic esters (lactones) is 1. The van der Waals surface area contributed by atoms with Crippen molar-refractivity contribution in [2.24, 2.45) is 4.99 Å². The van der Waals surface area contributed by atoms with Gasteiger partial charge in [-0.25, -0.2) is 9.79 Å². The lowest BCUT2D eigenvalue weighted by Crippen LogP contribution is -2.23. The fraction of sp³-hybridized carbons (Fsp3) is 0.292. The molecule has 0 N–H and O–H groups in total. The number of hydrogen-bond acceptors (Lipinski definition) is 6. The Morgan fingerprint density at radius 1 is 1.13 bits per heavy atom. The lowest BCUT2D eigenvalue weighted by atomic mass is 10.1. The molecule has 1 amide bonds. The number of carbonyl (C=O) groups excluding carboxylic acids is 2. The molecule has 0 aliphatic carbocycles. The van der Waals surface area contributed by atoms with Crippen LogP contribution in [0.2, 0.25) is 0 Å². The Labute approximate surface area is 180 Å². The largest absolute Gasteiger partial charge is 0.493 e. The molecule has 1 fully saturated rings. The summed E-state index contributed by atoms with van der Waals surface area (Å²) in [4.78, 5) is 30.4. The molecule has 31 heavy (non-hydrogen) atoms. The highest BCUT2D eigenvalue weighted by atomic mass is 16.6. The summed E-state index contributed by atoms with van der Waals surface area (Å²) in [7, 11) is 1.59. The van der Waals surface area contributed by atoms with Gasteiger partial charge in [0.2, 0.25) is 11.8 Å². The van der Waals surface area contributed by atoms with Gasteiger partial charge in [-0.15, -0.1) is 0 Å². The quantitative estimate of drug-likeness (QED) is 0.501. The number of rotatable bonds is 7. The molecular formula is C24H24N2O5. The average Bonchev–Trinajstić information content (AvgIpc) is 3.38. The van der Waals surface area contributed by atoms with Gasteiger partial charge in [-0.1, -0.05) is 13.0 Å². The molecule has 7 nitrogen and oxygen atoms in total. The predicted molar refractivity (Wildman–Crippen MR) is 117 cm³/mol.